The standard InChI is InChI=1S/C19H14Cl2N2O3S.C19H15ClN2O3S.C18H12Cl2N2O.C17H11ClFN3O.C17H13ClN4O.C17H13ClN2OS/c1-27(25,26)13-6-8-17(21)15(11-13)19(24)23-12-5-7-16(20)14(10-12)18-4-2-3-9-22-18;1-26(24,25)15-6-4-5-13(11-15)19(23)22-14-8-9-17(20)16(12-14)18-7-2-3-10-21-18;19-15-6-2-1-5-13(15)18(23)22-12-8-9-16(20)14(11-12)17-7-3-4-10-21-17;2*18-14-7-6-11(10-13(14)15-5-1-2-8-20-15)22-17(23)12-4-3-9-21-16(12)19;1-11-7-9-22-16(11)17(21)20-12-5-6-14(18)13(10-12)15-4-2-3-8-19-15/h2-11H,1H3,(H,23,24);2-12H,1H3,(H,22,23);1-11H,(H,22,23);1-10H,(H,22,23);1-10H,(H2,19,21)(H,22,23);2-10H,1H3,(H,20,21). The van der Waals surface area contributed by atoms with E-state index in [1.165, 1.54) is 72.3 Å². The first-order valence-corrected chi connectivity index (χ1v) is 50.4. The van der Waals surface area contributed by atoms with Gasteiger partial charge in [0.25, 0.3) is 35.4 Å². The molecule has 8 N–H and O–H groups in total. The molecule has 18 aromatic rings. The maximum Gasteiger partial charge on any atom is 0.265 e. The summed E-state index contributed by atoms with van der Waals surface area (Å²) >= 11 is 50.9. The van der Waals surface area contributed by atoms with Gasteiger partial charge in [-0.3, -0.25) is 58.7 Å². The van der Waals surface area contributed by atoms with Crippen LogP contribution in [0.4, 0.5) is 44.3 Å². The summed E-state index contributed by atoms with van der Waals surface area (Å²) in [7, 11) is -6.85. The van der Waals surface area contributed by atoms with E-state index < -0.39 is 43.3 Å². The first-order chi connectivity index (χ1) is 69.2. The van der Waals surface area contributed by atoms with Gasteiger partial charge in [-0.2, -0.15) is 4.39 Å². The number of rotatable bonds is 20. The van der Waals surface area contributed by atoms with Gasteiger partial charge in [0.15, 0.2) is 19.7 Å². The number of nitrogens with two attached hydrogens (primary N) is 1. The first kappa shape index (κ1) is 106. The fraction of sp³-hybridized carbons (Fsp3) is 0.0280. The Kier molecular flexibility index (Phi) is 37.1. The number of amides is 6. The number of aryl methyl sites for hydroxylation is 1. The minimum absolute atomic E-state index is 0.0160. The van der Waals surface area contributed by atoms with Crippen LogP contribution in [0.3, 0.4) is 0 Å². The Morgan fingerprint density at radius 1 is 0.278 bits per heavy atom. The number of benzene rings is 9. The summed E-state index contributed by atoms with van der Waals surface area (Å²) in [5.41, 5.74) is 19.6. The summed E-state index contributed by atoms with van der Waals surface area (Å²) in [4.78, 5) is 108. The number of carbonyl (C=O) groups excluding carboxylic acids is 6. The molecule has 6 amide bonds. The van der Waals surface area contributed by atoms with Crippen molar-refractivity contribution >= 4 is 199 Å². The first-order valence-electron chi connectivity index (χ1n) is 42.7. The molecule has 0 radical (unpaired) electrons. The van der Waals surface area contributed by atoms with Crippen LogP contribution >= 0.6 is 104 Å². The van der Waals surface area contributed by atoms with E-state index in [0.29, 0.717) is 119 Å². The van der Waals surface area contributed by atoms with E-state index in [2.05, 4.69) is 71.8 Å². The summed E-state index contributed by atoms with van der Waals surface area (Å²) < 4.78 is 60.3. The third-order valence-electron chi connectivity index (χ3n) is 20.4. The maximum atomic E-state index is 13.5. The maximum absolute atomic E-state index is 13.5. The van der Waals surface area contributed by atoms with Crippen LogP contribution in [0.25, 0.3) is 67.5 Å². The van der Waals surface area contributed by atoms with Crippen molar-refractivity contribution < 1.29 is 50.0 Å². The number of hydrogen-bond donors (Lipinski definition) is 7. The van der Waals surface area contributed by atoms with Crippen LogP contribution in [0.1, 0.15) is 67.0 Å². The molecule has 9 heterocycles. The lowest BCUT2D eigenvalue weighted by Gasteiger charge is -2.11. The number of nitrogen functional groups attached to an aromatic ring is 1. The second kappa shape index (κ2) is 50.4. The number of aromatic nitrogens is 8. The van der Waals surface area contributed by atoms with Crippen LogP contribution in [0, 0.1) is 12.9 Å². The second-order valence-corrected chi connectivity index (χ2v) is 38.8. The van der Waals surface area contributed by atoms with Gasteiger partial charge in [-0.05, 0) is 279 Å². The van der Waals surface area contributed by atoms with Gasteiger partial charge in [0.05, 0.1) is 111 Å². The Morgan fingerprint density at radius 3 is 0.903 bits per heavy atom. The van der Waals surface area contributed by atoms with Gasteiger partial charge in [-0.1, -0.05) is 147 Å². The van der Waals surface area contributed by atoms with E-state index in [1.54, 1.807) is 207 Å². The molecule has 0 spiro atoms. The normalized spacial score (nSPS) is 10.7. The third-order valence-corrected chi connectivity index (χ3v) is 26.3. The Bertz CT molecular complexity index is 7610. The van der Waals surface area contributed by atoms with Crippen molar-refractivity contribution in [3.05, 3.63) is 455 Å². The van der Waals surface area contributed by atoms with Gasteiger partial charge in [0.1, 0.15) is 5.82 Å². The molecule has 0 aliphatic carbocycles. The molecule has 722 valence electrons. The minimum atomic E-state index is -3.46. The molecular weight excluding hydrogens is 2050 g/mol. The zero-order chi connectivity index (χ0) is 103. The Hall–Kier alpha value is -15.4. The molecule has 18 rings (SSSR count). The average molecular weight is 2130 g/mol. The van der Waals surface area contributed by atoms with Gasteiger partial charge in [-0.25, -0.2) is 26.8 Å². The predicted molar refractivity (Wildman–Crippen MR) is 573 cm³/mol. The lowest BCUT2D eigenvalue weighted by atomic mass is 10.1. The third kappa shape index (κ3) is 29.4. The van der Waals surface area contributed by atoms with Crippen LogP contribution in [0.15, 0.2) is 380 Å². The van der Waals surface area contributed by atoms with E-state index >= 15 is 0 Å². The Labute approximate surface area is 871 Å². The number of sulfone groups is 2. The predicted octanol–water partition coefficient (Wildman–Crippen LogP) is 26.9. The SMILES string of the molecule is CS(=O)(=O)c1ccc(Cl)c(C(=O)Nc2ccc(Cl)c(-c3ccccn3)c2)c1.CS(=O)(=O)c1cccc(C(=O)Nc2ccc(Cl)c(-c3ccccn3)c2)c1.Cc1ccsc1C(=O)Nc1ccc(Cl)c(-c2ccccn2)c1.Nc1ncccc1C(=O)Nc1ccc(Cl)c(-c2ccccn2)c1.O=C(Nc1ccc(Cl)c(-c2ccccn2)c1)c1ccccc1Cl.O=C(Nc1ccc(Cl)c(-c2ccccn2)c1)c1cccnc1F. The molecule has 0 bridgehead atoms. The largest absolute Gasteiger partial charge is 0.383 e. The lowest BCUT2D eigenvalue weighted by molar-refractivity contribution is 0.101. The van der Waals surface area contributed by atoms with E-state index in [1.807, 2.05) is 109 Å². The zero-order valence-corrected chi connectivity index (χ0v) is 84.1. The van der Waals surface area contributed by atoms with Gasteiger partial charge in [-0.15, -0.1) is 11.3 Å². The Balaban J connectivity index is 0.000000145. The highest BCUT2D eigenvalue weighted by molar-refractivity contribution is 7.91. The number of anilines is 7. The fourth-order valence-electron chi connectivity index (χ4n) is 13.3. The van der Waals surface area contributed by atoms with Crippen molar-refractivity contribution in [2.75, 3.05) is 50.1 Å². The molecule has 0 aliphatic heterocycles. The number of pyridine rings is 8. The number of halogens is 9. The highest BCUT2D eigenvalue weighted by Gasteiger charge is 2.23. The zero-order valence-electron chi connectivity index (χ0n) is 75.6. The van der Waals surface area contributed by atoms with Crippen molar-refractivity contribution in [2.45, 2.75) is 16.7 Å². The molecule has 0 unspecified atom stereocenters. The average Bonchev–Trinajstić information content (AvgIpc) is 0.809. The lowest BCUT2D eigenvalue weighted by Crippen LogP contribution is -2.14. The summed E-state index contributed by atoms with van der Waals surface area (Å²) in [6.07, 6.45) is 15.0. The molecule has 9 aromatic carbocycles. The van der Waals surface area contributed by atoms with Crippen LogP contribution in [0.5, 0.6) is 0 Å². The number of carbonyl (C=O) groups is 6. The molecule has 0 aliphatic rings. The summed E-state index contributed by atoms with van der Waals surface area (Å²) in [6, 6.07) is 88.9. The van der Waals surface area contributed by atoms with Crippen LogP contribution < -0.4 is 37.6 Å². The number of nitrogens with zero attached hydrogens (tertiary/aromatic N) is 8. The summed E-state index contributed by atoms with van der Waals surface area (Å²) in [5, 5.41) is 22.3. The molecule has 0 fully saturated rings. The quantitative estimate of drug-likeness (QED) is 0.0348. The second-order valence-electron chi connectivity index (χ2n) is 30.6. The van der Waals surface area contributed by atoms with Crippen molar-refractivity contribution in [2.24, 2.45) is 0 Å². The number of thiophene rings is 1. The van der Waals surface area contributed by atoms with Gasteiger partial charge < -0.3 is 37.6 Å². The van der Waals surface area contributed by atoms with Gasteiger partial charge in [0.2, 0.25) is 5.95 Å². The molecule has 0 saturated carbocycles. The summed E-state index contributed by atoms with van der Waals surface area (Å²) in [5.74, 6) is -2.86. The molecule has 144 heavy (non-hydrogen) atoms. The molecule has 0 atom stereocenters. The van der Waals surface area contributed by atoms with E-state index in [-0.39, 0.29) is 55.0 Å². The highest BCUT2D eigenvalue weighted by Crippen LogP contribution is 2.38. The minimum Gasteiger partial charge on any atom is -0.383 e. The van der Waals surface area contributed by atoms with Crippen molar-refractivity contribution in [3.8, 4) is 67.5 Å². The molecule has 25 nitrogen and oxygen atoms in total. The number of hydrogen-bond acceptors (Lipinski definition) is 20. The Morgan fingerprint density at radius 2 is 0.569 bits per heavy atom. The van der Waals surface area contributed by atoms with Crippen molar-refractivity contribution in [3.63, 3.8) is 0 Å². The monoisotopic (exact) mass is 2130 g/mol. The van der Waals surface area contributed by atoms with E-state index in [4.69, 9.17) is 98.5 Å². The smallest absolute Gasteiger partial charge is 0.265 e. The van der Waals surface area contributed by atoms with E-state index in [9.17, 15) is 50.0 Å². The number of nitrogens with one attached hydrogen (secondary N) is 6. The van der Waals surface area contributed by atoms with Crippen molar-refractivity contribution in [1.29, 1.82) is 0 Å². The van der Waals surface area contributed by atoms with Crippen molar-refractivity contribution in [1.82, 2.24) is 39.9 Å². The highest BCUT2D eigenvalue weighted by atomic mass is 35.5. The fourth-order valence-corrected chi connectivity index (χ4v) is 17.2. The van der Waals surface area contributed by atoms with Crippen LogP contribution in [-0.4, -0.2) is 105 Å². The van der Waals surface area contributed by atoms with Crippen LogP contribution in [-0.2, 0) is 19.7 Å². The van der Waals surface area contributed by atoms with E-state index in [0.717, 1.165) is 51.8 Å². The van der Waals surface area contributed by atoms with Gasteiger partial charge in [0, 0.05) is 135 Å². The molecule has 0 saturated heterocycles. The molecule has 37 heteroatoms. The molecular formula is C107H78Cl8FN15O10S3. The van der Waals surface area contributed by atoms with Crippen LogP contribution in [0.2, 0.25) is 40.2 Å². The topological polar surface area (TPSA) is 372 Å². The van der Waals surface area contributed by atoms with Gasteiger partial charge >= 0.3 is 0 Å². The summed E-state index contributed by atoms with van der Waals surface area (Å²) in [6.45, 7) is 1.92. The molecule has 9 aromatic heterocycles.